The molecule has 1 aliphatic rings. The second kappa shape index (κ2) is 8.67. The number of nitrogen functional groups attached to an aromatic ring is 1. The molecular weight excluding hydrogens is 412 g/mol. The third-order valence-electron chi connectivity index (χ3n) is 5.87. The van der Waals surface area contributed by atoms with E-state index in [-0.39, 0.29) is 11.9 Å². The summed E-state index contributed by atoms with van der Waals surface area (Å²) in [6, 6.07) is 17.9. The molecule has 33 heavy (non-hydrogen) atoms. The van der Waals surface area contributed by atoms with Crippen molar-refractivity contribution >= 4 is 28.6 Å². The first-order valence-corrected chi connectivity index (χ1v) is 10.9. The van der Waals surface area contributed by atoms with Crippen LogP contribution in [0.15, 0.2) is 67.0 Å². The van der Waals surface area contributed by atoms with Gasteiger partial charge in [0.25, 0.3) is 5.91 Å². The van der Waals surface area contributed by atoms with Crippen LogP contribution in [0, 0.1) is 11.8 Å². The Kier molecular flexibility index (Phi) is 5.41. The van der Waals surface area contributed by atoms with Gasteiger partial charge in [0.1, 0.15) is 22.9 Å². The number of likely N-dealkylation sites (tertiary alicyclic amines) is 1. The lowest BCUT2D eigenvalue weighted by atomic mass is 10.1. The number of benzene rings is 2. The number of imidazole rings is 1. The Bertz CT molecular complexity index is 1370. The minimum absolute atomic E-state index is 0.152. The summed E-state index contributed by atoms with van der Waals surface area (Å²) in [5.74, 6) is 6.40. The summed E-state index contributed by atoms with van der Waals surface area (Å²) in [5, 5.41) is 3.39. The molecule has 0 aliphatic carbocycles. The zero-order valence-electron chi connectivity index (χ0n) is 18.3. The largest absolute Gasteiger partial charge is 0.382 e. The third kappa shape index (κ3) is 3.87. The van der Waals surface area contributed by atoms with Crippen molar-refractivity contribution in [3.05, 3.63) is 72.8 Å². The van der Waals surface area contributed by atoms with Crippen LogP contribution in [0.5, 0.6) is 0 Å². The van der Waals surface area contributed by atoms with Gasteiger partial charge in [0.2, 0.25) is 0 Å². The first-order chi connectivity index (χ1) is 16.2. The molecule has 3 N–H and O–H groups in total. The smallest absolute Gasteiger partial charge is 0.299 e. The quantitative estimate of drug-likeness (QED) is 0.463. The van der Waals surface area contributed by atoms with Gasteiger partial charge in [-0.3, -0.25) is 9.20 Å². The van der Waals surface area contributed by atoms with Gasteiger partial charge in [-0.25, -0.2) is 9.97 Å². The topological polar surface area (TPSA) is 88.5 Å². The molecule has 1 aliphatic heterocycles. The molecule has 0 unspecified atom stereocenters. The van der Waals surface area contributed by atoms with Crippen molar-refractivity contribution in [3.8, 4) is 23.1 Å². The second-order valence-corrected chi connectivity index (χ2v) is 7.95. The molecule has 0 bridgehead atoms. The van der Waals surface area contributed by atoms with Gasteiger partial charge < -0.3 is 16.0 Å². The van der Waals surface area contributed by atoms with Gasteiger partial charge >= 0.3 is 0 Å². The molecule has 0 saturated carbocycles. The SMILES string of the molecule is CC#CC(=O)N1CCC[C@H]1c1nc(-c2ccc(Nc3ccccc3)cc2)c2c(N)nccn12. The van der Waals surface area contributed by atoms with Crippen LogP contribution in [-0.2, 0) is 4.79 Å². The van der Waals surface area contributed by atoms with Crippen LogP contribution in [0.2, 0.25) is 0 Å². The maximum Gasteiger partial charge on any atom is 0.299 e. The predicted molar refractivity (Wildman–Crippen MR) is 130 cm³/mol. The van der Waals surface area contributed by atoms with Crippen molar-refractivity contribution in [2.45, 2.75) is 25.8 Å². The van der Waals surface area contributed by atoms with Crippen LogP contribution in [0.4, 0.5) is 17.2 Å². The first kappa shape index (κ1) is 20.6. The molecule has 164 valence electrons. The van der Waals surface area contributed by atoms with E-state index in [9.17, 15) is 4.79 Å². The van der Waals surface area contributed by atoms with Gasteiger partial charge in [-0.1, -0.05) is 36.3 Å². The number of anilines is 3. The standard InChI is InChI=1S/C26H24N6O/c1-2-7-22(33)31-16-6-10-21(31)26-30-23(24-25(27)28-15-17-32(24)26)18-11-13-20(14-12-18)29-19-8-4-3-5-9-19/h3-5,8-9,11-15,17,21,29H,6,10,16H2,1H3,(H2,27,28)/t21-/m0/s1. The van der Waals surface area contributed by atoms with E-state index in [1.54, 1.807) is 18.0 Å². The fourth-order valence-corrected chi connectivity index (χ4v) is 4.38. The van der Waals surface area contributed by atoms with Crippen molar-refractivity contribution in [2.24, 2.45) is 0 Å². The van der Waals surface area contributed by atoms with Gasteiger partial charge in [0.15, 0.2) is 0 Å². The molecule has 1 amide bonds. The Hall–Kier alpha value is -4.31. The Morgan fingerprint density at radius 3 is 2.64 bits per heavy atom. The fraction of sp³-hybridized carbons (Fsp3) is 0.192. The first-order valence-electron chi connectivity index (χ1n) is 10.9. The number of hydrogen-bond donors (Lipinski definition) is 2. The lowest BCUT2D eigenvalue weighted by Gasteiger charge is -2.21. The van der Waals surface area contributed by atoms with Crippen LogP contribution in [0.1, 0.15) is 31.6 Å². The van der Waals surface area contributed by atoms with Crippen LogP contribution in [0.3, 0.4) is 0 Å². The molecule has 1 fully saturated rings. The average molecular weight is 437 g/mol. The second-order valence-electron chi connectivity index (χ2n) is 7.95. The molecule has 2 aromatic heterocycles. The molecule has 7 nitrogen and oxygen atoms in total. The van der Waals surface area contributed by atoms with Crippen LogP contribution < -0.4 is 11.1 Å². The van der Waals surface area contributed by atoms with E-state index in [0.717, 1.165) is 46.8 Å². The third-order valence-corrected chi connectivity index (χ3v) is 5.87. The fourth-order valence-electron chi connectivity index (χ4n) is 4.38. The van der Waals surface area contributed by atoms with Crippen molar-refractivity contribution in [2.75, 3.05) is 17.6 Å². The monoisotopic (exact) mass is 436 g/mol. The molecule has 2 aromatic carbocycles. The number of aromatic nitrogens is 3. The Morgan fingerprint density at radius 1 is 1.12 bits per heavy atom. The summed E-state index contributed by atoms with van der Waals surface area (Å²) in [4.78, 5) is 23.7. The maximum atomic E-state index is 12.6. The van der Waals surface area contributed by atoms with Crippen LogP contribution >= 0.6 is 0 Å². The number of fused-ring (bicyclic) bond motifs is 1. The van der Waals surface area contributed by atoms with E-state index < -0.39 is 0 Å². The molecule has 0 radical (unpaired) electrons. The predicted octanol–water partition coefficient (Wildman–Crippen LogP) is 4.41. The normalized spacial score (nSPS) is 15.3. The van der Waals surface area contributed by atoms with Crippen LogP contribution in [-0.4, -0.2) is 31.7 Å². The highest BCUT2D eigenvalue weighted by atomic mass is 16.2. The lowest BCUT2D eigenvalue weighted by molar-refractivity contribution is -0.126. The number of carbonyl (C=O) groups excluding carboxylic acids is 1. The number of amides is 1. The van der Waals surface area contributed by atoms with E-state index in [1.807, 2.05) is 65.2 Å². The number of rotatable bonds is 4. The average Bonchev–Trinajstić information content (AvgIpc) is 3.46. The lowest BCUT2D eigenvalue weighted by Crippen LogP contribution is -2.30. The van der Waals surface area contributed by atoms with E-state index in [4.69, 9.17) is 10.7 Å². The highest BCUT2D eigenvalue weighted by Gasteiger charge is 2.33. The molecule has 1 atom stereocenters. The molecule has 1 saturated heterocycles. The summed E-state index contributed by atoms with van der Waals surface area (Å²) in [6.07, 6.45) is 5.26. The van der Waals surface area contributed by atoms with Gasteiger partial charge in [0, 0.05) is 35.9 Å². The van der Waals surface area contributed by atoms with Gasteiger partial charge in [-0.15, -0.1) is 0 Å². The highest BCUT2D eigenvalue weighted by Crippen LogP contribution is 2.36. The summed E-state index contributed by atoms with van der Waals surface area (Å²) >= 11 is 0. The summed E-state index contributed by atoms with van der Waals surface area (Å²) in [7, 11) is 0. The van der Waals surface area contributed by atoms with Gasteiger partial charge in [-0.2, -0.15) is 0 Å². The van der Waals surface area contributed by atoms with E-state index in [1.165, 1.54) is 0 Å². The van der Waals surface area contributed by atoms with Crippen molar-refractivity contribution in [1.29, 1.82) is 0 Å². The van der Waals surface area contributed by atoms with Gasteiger partial charge in [-0.05, 0) is 50.0 Å². The minimum Gasteiger partial charge on any atom is -0.382 e. The van der Waals surface area contributed by atoms with E-state index in [0.29, 0.717) is 12.4 Å². The zero-order valence-corrected chi connectivity index (χ0v) is 18.3. The number of nitrogens with zero attached hydrogens (tertiary/aromatic N) is 4. The van der Waals surface area contributed by atoms with Crippen molar-refractivity contribution < 1.29 is 4.79 Å². The molecule has 0 spiro atoms. The number of nitrogens with two attached hydrogens (primary N) is 1. The number of hydrogen-bond acceptors (Lipinski definition) is 5. The molecule has 4 aromatic rings. The minimum atomic E-state index is -0.170. The van der Waals surface area contributed by atoms with Gasteiger partial charge in [0.05, 0.1) is 6.04 Å². The zero-order chi connectivity index (χ0) is 22.8. The number of nitrogens with one attached hydrogen (secondary N) is 1. The summed E-state index contributed by atoms with van der Waals surface area (Å²) in [6.45, 7) is 2.34. The summed E-state index contributed by atoms with van der Waals surface area (Å²) in [5.41, 5.74) is 10.7. The number of carbonyl (C=O) groups is 1. The summed E-state index contributed by atoms with van der Waals surface area (Å²) < 4.78 is 1.96. The van der Waals surface area contributed by atoms with Crippen molar-refractivity contribution in [3.63, 3.8) is 0 Å². The Balaban J connectivity index is 1.54. The molecule has 5 rings (SSSR count). The Labute approximate surface area is 192 Å². The van der Waals surface area contributed by atoms with Crippen LogP contribution in [0.25, 0.3) is 16.8 Å². The highest BCUT2D eigenvalue weighted by molar-refractivity contribution is 5.94. The number of para-hydroxylation sites is 1. The van der Waals surface area contributed by atoms with E-state index >= 15 is 0 Å². The molecular formula is C26H24N6O. The maximum absolute atomic E-state index is 12.6. The molecule has 7 heteroatoms. The Morgan fingerprint density at radius 2 is 1.88 bits per heavy atom. The van der Waals surface area contributed by atoms with E-state index in [2.05, 4.69) is 22.1 Å². The van der Waals surface area contributed by atoms with Crippen molar-refractivity contribution in [1.82, 2.24) is 19.3 Å². The molecule has 3 heterocycles.